The Morgan fingerprint density at radius 1 is 1.05 bits per heavy atom. The molecule has 3 heteroatoms. The first-order chi connectivity index (χ1) is 10.5. The number of hydrazone groups is 1. The first-order valence-corrected chi connectivity index (χ1v) is 7.51. The fraction of sp³-hybridized carbons (Fsp3) is 0.263. The van der Waals surface area contributed by atoms with Crippen molar-refractivity contribution in [1.29, 1.82) is 0 Å². The molecule has 0 saturated carbocycles. The first kappa shape index (κ1) is 16.0. The molecule has 0 atom stereocenters. The lowest BCUT2D eigenvalue weighted by molar-refractivity contribution is 0.0955. The Kier molecular flexibility index (Phi) is 5.10. The monoisotopic (exact) mass is 294 g/mol. The summed E-state index contributed by atoms with van der Waals surface area (Å²) in [6.45, 7) is 8.29. The van der Waals surface area contributed by atoms with Gasteiger partial charge in [0, 0.05) is 5.56 Å². The van der Waals surface area contributed by atoms with E-state index >= 15 is 0 Å². The maximum atomic E-state index is 12.0. The molecule has 0 bridgehead atoms. The highest BCUT2D eigenvalue weighted by Crippen LogP contribution is 2.13. The molecule has 0 radical (unpaired) electrons. The van der Waals surface area contributed by atoms with E-state index in [0.29, 0.717) is 5.56 Å². The Hall–Kier alpha value is -2.42. The number of carbonyl (C=O) groups is 1. The average molecular weight is 294 g/mol. The summed E-state index contributed by atoms with van der Waals surface area (Å²) >= 11 is 0. The molecule has 1 amide bonds. The third-order valence-corrected chi connectivity index (χ3v) is 3.88. The van der Waals surface area contributed by atoms with Crippen LogP contribution >= 0.6 is 0 Å². The molecular weight excluding hydrogens is 272 g/mol. The molecule has 0 aliphatic rings. The summed E-state index contributed by atoms with van der Waals surface area (Å²) in [5.41, 5.74) is 9.05. The van der Waals surface area contributed by atoms with Crippen molar-refractivity contribution in [3.8, 4) is 0 Å². The van der Waals surface area contributed by atoms with E-state index in [1.807, 2.05) is 31.2 Å². The van der Waals surface area contributed by atoms with Crippen molar-refractivity contribution in [2.75, 3.05) is 0 Å². The summed E-state index contributed by atoms with van der Waals surface area (Å²) in [6.07, 6.45) is 2.66. The molecule has 0 spiro atoms. The largest absolute Gasteiger partial charge is 0.271 e. The van der Waals surface area contributed by atoms with Crippen LogP contribution in [0.1, 0.15) is 45.1 Å². The number of aryl methyl sites for hydroxylation is 4. The fourth-order valence-electron chi connectivity index (χ4n) is 2.24. The van der Waals surface area contributed by atoms with Gasteiger partial charge in [0.2, 0.25) is 0 Å². The molecule has 22 heavy (non-hydrogen) atoms. The van der Waals surface area contributed by atoms with E-state index in [4.69, 9.17) is 0 Å². The normalized spacial score (nSPS) is 10.9. The molecule has 2 rings (SSSR count). The number of carbonyl (C=O) groups excluding carboxylic acids is 1. The number of nitrogens with zero attached hydrogens (tertiary/aromatic N) is 1. The molecule has 2 aromatic carbocycles. The van der Waals surface area contributed by atoms with Crippen LogP contribution in [0.15, 0.2) is 41.5 Å². The average Bonchev–Trinajstić information content (AvgIpc) is 2.52. The third-order valence-electron chi connectivity index (χ3n) is 3.88. The maximum Gasteiger partial charge on any atom is 0.271 e. The highest BCUT2D eigenvalue weighted by Gasteiger charge is 2.04. The van der Waals surface area contributed by atoms with Crippen LogP contribution in [0.5, 0.6) is 0 Å². The van der Waals surface area contributed by atoms with Gasteiger partial charge in [-0.2, -0.15) is 5.10 Å². The number of hydrogen-bond acceptors (Lipinski definition) is 2. The quantitative estimate of drug-likeness (QED) is 0.673. The van der Waals surface area contributed by atoms with Gasteiger partial charge < -0.3 is 0 Å². The van der Waals surface area contributed by atoms with Crippen LogP contribution in [0.3, 0.4) is 0 Å². The molecule has 0 saturated heterocycles. The van der Waals surface area contributed by atoms with Crippen molar-refractivity contribution in [3.05, 3.63) is 69.8 Å². The van der Waals surface area contributed by atoms with Gasteiger partial charge in [-0.3, -0.25) is 4.79 Å². The number of hydrogen-bond donors (Lipinski definition) is 1. The molecule has 0 unspecified atom stereocenters. The van der Waals surface area contributed by atoms with Gasteiger partial charge in [-0.25, -0.2) is 5.43 Å². The van der Waals surface area contributed by atoms with Gasteiger partial charge >= 0.3 is 0 Å². The standard InChI is InChI=1S/C19H22N2O/c1-5-16-6-8-17(9-7-16)19(22)21-20-12-18-11-14(3)13(2)10-15(18)4/h6-12H,5H2,1-4H3,(H,21,22)/b20-12-. The van der Waals surface area contributed by atoms with Gasteiger partial charge in [0.05, 0.1) is 6.21 Å². The van der Waals surface area contributed by atoms with E-state index in [9.17, 15) is 4.79 Å². The van der Waals surface area contributed by atoms with Crippen LogP contribution in [0.2, 0.25) is 0 Å². The van der Waals surface area contributed by atoms with Gasteiger partial charge in [0.25, 0.3) is 5.91 Å². The third kappa shape index (κ3) is 3.82. The second-order valence-corrected chi connectivity index (χ2v) is 5.54. The van der Waals surface area contributed by atoms with Crippen LogP contribution in [0, 0.1) is 20.8 Å². The molecule has 3 nitrogen and oxygen atoms in total. The number of benzene rings is 2. The smallest absolute Gasteiger partial charge is 0.267 e. The van der Waals surface area contributed by atoms with Crippen molar-refractivity contribution in [1.82, 2.24) is 5.43 Å². The van der Waals surface area contributed by atoms with Gasteiger partial charge in [0.1, 0.15) is 0 Å². The van der Waals surface area contributed by atoms with E-state index in [0.717, 1.165) is 17.5 Å². The summed E-state index contributed by atoms with van der Waals surface area (Å²) in [4.78, 5) is 12.0. The van der Waals surface area contributed by atoms with Crippen molar-refractivity contribution >= 4 is 12.1 Å². The van der Waals surface area contributed by atoms with E-state index < -0.39 is 0 Å². The number of nitrogens with one attached hydrogen (secondary N) is 1. The highest BCUT2D eigenvalue weighted by molar-refractivity contribution is 5.95. The van der Waals surface area contributed by atoms with Crippen molar-refractivity contribution < 1.29 is 4.79 Å². The Balaban J connectivity index is 2.05. The van der Waals surface area contributed by atoms with Crippen molar-refractivity contribution in [2.45, 2.75) is 34.1 Å². The van der Waals surface area contributed by atoms with Gasteiger partial charge in [-0.1, -0.05) is 25.1 Å². The zero-order valence-corrected chi connectivity index (χ0v) is 13.6. The van der Waals surface area contributed by atoms with Crippen LogP contribution in [-0.2, 0) is 6.42 Å². The predicted molar refractivity (Wildman–Crippen MR) is 91.5 cm³/mol. The van der Waals surface area contributed by atoms with Crippen LogP contribution in [-0.4, -0.2) is 12.1 Å². The minimum Gasteiger partial charge on any atom is -0.267 e. The summed E-state index contributed by atoms with van der Waals surface area (Å²) in [7, 11) is 0. The summed E-state index contributed by atoms with van der Waals surface area (Å²) in [6, 6.07) is 11.8. The SMILES string of the molecule is CCc1ccc(C(=O)N/N=C\c2cc(C)c(C)cc2C)cc1. The topological polar surface area (TPSA) is 41.5 Å². The Labute approximate surface area is 132 Å². The summed E-state index contributed by atoms with van der Waals surface area (Å²) < 4.78 is 0. The molecule has 0 aromatic heterocycles. The fourth-order valence-corrected chi connectivity index (χ4v) is 2.24. The van der Waals surface area contributed by atoms with Gasteiger partial charge in [0.15, 0.2) is 0 Å². The molecule has 1 N–H and O–H groups in total. The van der Waals surface area contributed by atoms with E-state index in [-0.39, 0.29) is 5.91 Å². The Bertz CT molecular complexity index is 700. The van der Waals surface area contributed by atoms with Gasteiger partial charge in [-0.05, 0) is 73.2 Å². The molecule has 0 aliphatic carbocycles. The maximum absolute atomic E-state index is 12.0. The van der Waals surface area contributed by atoms with E-state index in [2.05, 4.69) is 43.4 Å². The zero-order valence-electron chi connectivity index (χ0n) is 13.6. The number of rotatable bonds is 4. The van der Waals surface area contributed by atoms with Crippen LogP contribution in [0.25, 0.3) is 0 Å². The predicted octanol–water partition coefficient (Wildman–Crippen LogP) is 3.94. The zero-order chi connectivity index (χ0) is 16.1. The first-order valence-electron chi connectivity index (χ1n) is 7.51. The lowest BCUT2D eigenvalue weighted by Crippen LogP contribution is -2.17. The molecule has 0 heterocycles. The van der Waals surface area contributed by atoms with Crippen molar-refractivity contribution in [2.24, 2.45) is 5.10 Å². The lowest BCUT2D eigenvalue weighted by atomic mass is 10.0. The van der Waals surface area contributed by atoms with E-state index in [1.54, 1.807) is 6.21 Å². The molecule has 0 aliphatic heterocycles. The summed E-state index contributed by atoms with van der Waals surface area (Å²) in [5, 5.41) is 4.07. The van der Waals surface area contributed by atoms with Crippen LogP contribution < -0.4 is 5.43 Å². The van der Waals surface area contributed by atoms with E-state index in [1.165, 1.54) is 16.7 Å². The van der Waals surface area contributed by atoms with Crippen molar-refractivity contribution in [3.63, 3.8) is 0 Å². The molecular formula is C19H22N2O. The number of amides is 1. The van der Waals surface area contributed by atoms with Crippen LogP contribution in [0.4, 0.5) is 0 Å². The Morgan fingerprint density at radius 2 is 1.68 bits per heavy atom. The minimum absolute atomic E-state index is 0.194. The summed E-state index contributed by atoms with van der Waals surface area (Å²) in [5.74, 6) is -0.194. The minimum atomic E-state index is -0.194. The lowest BCUT2D eigenvalue weighted by Gasteiger charge is -2.06. The molecule has 114 valence electrons. The second kappa shape index (κ2) is 7.03. The highest BCUT2D eigenvalue weighted by atomic mass is 16.2. The molecule has 0 fully saturated rings. The second-order valence-electron chi connectivity index (χ2n) is 5.54. The Morgan fingerprint density at radius 3 is 2.32 bits per heavy atom. The van der Waals surface area contributed by atoms with Gasteiger partial charge in [-0.15, -0.1) is 0 Å². The molecule has 2 aromatic rings.